The Morgan fingerprint density at radius 3 is 1.35 bits per heavy atom. The molecule has 188 valence electrons. The summed E-state index contributed by atoms with van der Waals surface area (Å²) in [6.45, 7) is 6.39. The summed E-state index contributed by atoms with van der Waals surface area (Å²) in [5.74, 6) is 10.3. The Balaban J connectivity index is 1.70. The number of nitrogens with two attached hydrogens (primary N) is 1. The van der Waals surface area contributed by atoms with Crippen LogP contribution in [0.5, 0.6) is 0 Å². The lowest BCUT2D eigenvalue weighted by molar-refractivity contribution is 0.102. The van der Waals surface area contributed by atoms with Gasteiger partial charge >= 0.3 is 0 Å². The van der Waals surface area contributed by atoms with Crippen LogP contribution in [-0.4, -0.2) is 33.2 Å². The molecular formula is C30H29N3O4. The average Bonchev–Trinajstić information content (AvgIpc) is 2.82. The van der Waals surface area contributed by atoms with Gasteiger partial charge in [0.2, 0.25) is 0 Å². The van der Waals surface area contributed by atoms with E-state index in [2.05, 4.69) is 34.3 Å². The lowest BCUT2D eigenvalue weighted by Crippen LogP contribution is -2.16. The lowest BCUT2D eigenvalue weighted by atomic mass is 10.1. The molecule has 0 aliphatic carbocycles. The third-order valence-electron chi connectivity index (χ3n) is 4.79. The minimum atomic E-state index is -1.10. The molecule has 0 heterocycles. The van der Waals surface area contributed by atoms with Gasteiger partial charge in [0.1, 0.15) is 11.2 Å². The van der Waals surface area contributed by atoms with Crippen LogP contribution >= 0.6 is 0 Å². The second kappa shape index (κ2) is 11.0. The largest absolute Gasteiger partial charge is 0.399 e. The van der Waals surface area contributed by atoms with Gasteiger partial charge < -0.3 is 26.6 Å². The van der Waals surface area contributed by atoms with E-state index >= 15 is 0 Å². The lowest BCUT2D eigenvalue weighted by Gasteiger charge is -2.10. The topological polar surface area (TPSA) is 125 Å². The van der Waals surface area contributed by atoms with Crippen molar-refractivity contribution in [3.05, 3.63) is 89.0 Å². The molecule has 7 heteroatoms. The fourth-order valence-corrected chi connectivity index (χ4v) is 3.04. The van der Waals surface area contributed by atoms with Crippen LogP contribution in [0.25, 0.3) is 0 Å². The molecule has 0 radical (unpaired) electrons. The van der Waals surface area contributed by atoms with Gasteiger partial charge in [-0.05, 0) is 94.4 Å². The van der Waals surface area contributed by atoms with Gasteiger partial charge in [-0.2, -0.15) is 0 Å². The number of carbonyl (C=O) groups excluding carboxylic acids is 2. The quantitative estimate of drug-likeness (QED) is 0.276. The summed E-state index contributed by atoms with van der Waals surface area (Å²) in [6.07, 6.45) is 0. The smallest absolute Gasteiger partial charge is 0.255 e. The molecule has 2 amide bonds. The number of nitrogen functional groups attached to an aromatic ring is 1. The minimum absolute atomic E-state index is 0.230. The van der Waals surface area contributed by atoms with Crippen LogP contribution < -0.4 is 16.4 Å². The van der Waals surface area contributed by atoms with Crippen molar-refractivity contribution in [1.82, 2.24) is 0 Å². The van der Waals surface area contributed by atoms with E-state index in [1.807, 2.05) is 0 Å². The maximum Gasteiger partial charge on any atom is 0.255 e. The molecule has 37 heavy (non-hydrogen) atoms. The van der Waals surface area contributed by atoms with E-state index in [0.29, 0.717) is 22.5 Å². The molecule has 7 nitrogen and oxygen atoms in total. The molecule has 0 spiro atoms. The van der Waals surface area contributed by atoms with Gasteiger partial charge in [-0.15, -0.1) is 0 Å². The Labute approximate surface area is 216 Å². The summed E-state index contributed by atoms with van der Waals surface area (Å²) in [7, 11) is 0. The van der Waals surface area contributed by atoms with Gasteiger partial charge in [-0.25, -0.2) is 0 Å². The third kappa shape index (κ3) is 8.87. The molecule has 0 saturated heterocycles. The second-order valence-corrected chi connectivity index (χ2v) is 9.52. The number of carbonyl (C=O) groups is 2. The predicted octanol–water partition coefficient (Wildman–Crippen LogP) is 4.02. The number of nitrogens with one attached hydrogen (secondary N) is 2. The summed E-state index contributed by atoms with van der Waals surface area (Å²) < 4.78 is 0. The Morgan fingerprint density at radius 1 is 0.676 bits per heavy atom. The van der Waals surface area contributed by atoms with Crippen LogP contribution in [0.4, 0.5) is 17.1 Å². The number of rotatable bonds is 4. The molecule has 6 N–H and O–H groups in total. The Hall–Kier alpha value is -4.56. The van der Waals surface area contributed by atoms with Crippen LogP contribution in [0.3, 0.4) is 0 Å². The summed E-state index contributed by atoms with van der Waals surface area (Å²) in [6, 6.07) is 18.2. The summed E-state index contributed by atoms with van der Waals surface area (Å²) in [5.41, 5.74) is 6.98. The van der Waals surface area contributed by atoms with Gasteiger partial charge in [-0.1, -0.05) is 23.7 Å². The highest BCUT2D eigenvalue weighted by Gasteiger charge is 2.14. The van der Waals surface area contributed by atoms with Crippen LogP contribution in [-0.2, 0) is 0 Å². The molecular weight excluding hydrogens is 466 g/mol. The molecule has 3 aromatic rings. The number of hydrogen-bond acceptors (Lipinski definition) is 5. The van der Waals surface area contributed by atoms with Crippen LogP contribution in [0.15, 0.2) is 66.7 Å². The maximum atomic E-state index is 12.8. The van der Waals surface area contributed by atoms with Crippen molar-refractivity contribution >= 4 is 28.9 Å². The molecule has 0 saturated carbocycles. The highest BCUT2D eigenvalue weighted by Crippen LogP contribution is 2.18. The highest BCUT2D eigenvalue weighted by atomic mass is 16.3. The van der Waals surface area contributed by atoms with E-state index in [1.165, 1.54) is 18.2 Å². The van der Waals surface area contributed by atoms with Crippen molar-refractivity contribution in [3.63, 3.8) is 0 Å². The number of anilines is 3. The van der Waals surface area contributed by atoms with Crippen LogP contribution in [0.2, 0.25) is 0 Å². The first-order valence-corrected chi connectivity index (χ1v) is 11.5. The SMILES string of the molecule is CC(C)(O)C#Cc1ccc(NC(=O)c2cc(N)cc(C(=O)Nc3ccc(C#CC(C)(C)O)cc3)c2)cc1. The standard InChI is InChI=1S/C30H29N3O4/c1-29(2,36)15-13-20-5-9-25(10-6-20)32-27(34)22-17-23(19-24(31)18-22)28(35)33-26-11-7-21(8-12-26)14-16-30(3,4)37/h5-12,17-19,36-37H,31H2,1-4H3,(H,32,34)(H,33,35). The zero-order chi connectivity index (χ0) is 27.2. The van der Waals surface area contributed by atoms with Crippen molar-refractivity contribution in [2.24, 2.45) is 0 Å². The molecule has 3 rings (SSSR count). The van der Waals surface area contributed by atoms with Crippen molar-refractivity contribution in [2.45, 2.75) is 38.9 Å². The molecule has 0 fully saturated rings. The van der Waals surface area contributed by atoms with Crippen molar-refractivity contribution in [3.8, 4) is 23.7 Å². The predicted molar refractivity (Wildman–Crippen MR) is 146 cm³/mol. The third-order valence-corrected chi connectivity index (χ3v) is 4.79. The van der Waals surface area contributed by atoms with Crippen molar-refractivity contribution < 1.29 is 19.8 Å². The average molecular weight is 496 g/mol. The van der Waals surface area contributed by atoms with E-state index in [0.717, 1.165) is 0 Å². The number of benzene rings is 3. The normalized spacial score (nSPS) is 10.9. The molecule has 0 aliphatic rings. The zero-order valence-corrected chi connectivity index (χ0v) is 21.1. The monoisotopic (exact) mass is 495 g/mol. The van der Waals surface area contributed by atoms with E-state index in [1.54, 1.807) is 76.2 Å². The first-order valence-electron chi connectivity index (χ1n) is 11.5. The first-order chi connectivity index (χ1) is 17.3. The fraction of sp³-hybridized carbons (Fsp3) is 0.200. The zero-order valence-electron chi connectivity index (χ0n) is 21.1. The summed E-state index contributed by atoms with van der Waals surface area (Å²) >= 11 is 0. The molecule has 3 aromatic carbocycles. The minimum Gasteiger partial charge on any atom is -0.399 e. The fourth-order valence-electron chi connectivity index (χ4n) is 3.04. The molecule has 0 aromatic heterocycles. The Morgan fingerprint density at radius 2 is 1.03 bits per heavy atom. The van der Waals surface area contributed by atoms with Crippen molar-refractivity contribution in [2.75, 3.05) is 16.4 Å². The van der Waals surface area contributed by atoms with Gasteiger partial charge in [0.15, 0.2) is 0 Å². The van der Waals surface area contributed by atoms with Crippen LogP contribution in [0, 0.1) is 23.7 Å². The van der Waals surface area contributed by atoms with Gasteiger partial charge in [-0.3, -0.25) is 9.59 Å². The van der Waals surface area contributed by atoms with E-state index < -0.39 is 23.0 Å². The van der Waals surface area contributed by atoms with E-state index in [4.69, 9.17) is 5.73 Å². The maximum absolute atomic E-state index is 12.8. The first kappa shape index (κ1) is 27.0. The van der Waals surface area contributed by atoms with Gasteiger partial charge in [0.25, 0.3) is 11.8 Å². The molecule has 0 aliphatic heterocycles. The van der Waals surface area contributed by atoms with E-state index in [-0.39, 0.29) is 16.8 Å². The Kier molecular flexibility index (Phi) is 8.04. The molecule has 0 unspecified atom stereocenters. The molecule has 0 bridgehead atoms. The summed E-state index contributed by atoms with van der Waals surface area (Å²) in [5, 5.41) is 25.0. The number of amides is 2. The van der Waals surface area contributed by atoms with E-state index in [9.17, 15) is 19.8 Å². The summed E-state index contributed by atoms with van der Waals surface area (Å²) in [4.78, 5) is 25.6. The Bertz CT molecular complexity index is 1310. The highest BCUT2D eigenvalue weighted by molar-refractivity contribution is 6.09. The van der Waals surface area contributed by atoms with Crippen molar-refractivity contribution in [1.29, 1.82) is 0 Å². The molecule has 0 atom stereocenters. The number of aliphatic hydroxyl groups is 2. The van der Waals surface area contributed by atoms with Gasteiger partial charge in [0.05, 0.1) is 0 Å². The number of hydrogen-bond donors (Lipinski definition) is 5. The van der Waals surface area contributed by atoms with Gasteiger partial charge in [0, 0.05) is 39.3 Å². The van der Waals surface area contributed by atoms with Crippen LogP contribution in [0.1, 0.15) is 59.5 Å². The second-order valence-electron chi connectivity index (χ2n) is 9.52.